The number of hydrogen-bond acceptors (Lipinski definition) is 4. The van der Waals surface area contributed by atoms with E-state index in [9.17, 15) is 9.59 Å². The van der Waals surface area contributed by atoms with Crippen LogP contribution in [0.3, 0.4) is 0 Å². The molecule has 2 rings (SSSR count). The summed E-state index contributed by atoms with van der Waals surface area (Å²) in [6, 6.07) is 6.86. The van der Waals surface area contributed by atoms with Crippen LogP contribution in [0.4, 0.5) is 10.5 Å². The predicted molar refractivity (Wildman–Crippen MR) is 91.7 cm³/mol. The lowest BCUT2D eigenvalue weighted by molar-refractivity contribution is 0.0635. The minimum atomic E-state index is -0.600. The van der Waals surface area contributed by atoms with Crippen LogP contribution in [-0.2, 0) is 11.2 Å². The molecular formula is C18H22N2O4. The standard InChI is InChI=1S/C18H22N2O4/c1-18(2,3)24-17(22)20-15-6-5-14(23-4)9-13(15)10-16(21)12-7-8-19-11-12/h5-9,11,19H,10H2,1-4H3,(H,20,22). The third-order valence-corrected chi connectivity index (χ3v) is 3.22. The fourth-order valence-electron chi connectivity index (χ4n) is 2.15. The Morgan fingerprint density at radius 2 is 1.96 bits per heavy atom. The average Bonchev–Trinajstić information content (AvgIpc) is 3.01. The molecule has 128 valence electrons. The van der Waals surface area contributed by atoms with Crippen molar-refractivity contribution in [1.29, 1.82) is 0 Å². The van der Waals surface area contributed by atoms with E-state index in [4.69, 9.17) is 9.47 Å². The maximum absolute atomic E-state index is 12.3. The number of nitrogens with one attached hydrogen (secondary N) is 2. The van der Waals surface area contributed by atoms with Crippen LogP contribution >= 0.6 is 0 Å². The summed E-state index contributed by atoms with van der Waals surface area (Å²) in [4.78, 5) is 27.2. The van der Waals surface area contributed by atoms with E-state index in [1.165, 1.54) is 0 Å². The molecule has 6 nitrogen and oxygen atoms in total. The number of ketones is 1. The number of aromatic amines is 1. The zero-order chi connectivity index (χ0) is 17.7. The predicted octanol–water partition coefficient (Wildman–Crippen LogP) is 3.80. The molecule has 24 heavy (non-hydrogen) atoms. The van der Waals surface area contributed by atoms with Crippen LogP contribution in [0.15, 0.2) is 36.7 Å². The Morgan fingerprint density at radius 3 is 2.54 bits per heavy atom. The molecule has 0 aliphatic carbocycles. The number of H-pyrrole nitrogens is 1. The van der Waals surface area contributed by atoms with Crippen LogP contribution < -0.4 is 10.1 Å². The summed E-state index contributed by atoms with van der Waals surface area (Å²) in [5, 5.41) is 2.69. The summed E-state index contributed by atoms with van der Waals surface area (Å²) < 4.78 is 10.5. The van der Waals surface area contributed by atoms with Gasteiger partial charge in [-0.3, -0.25) is 10.1 Å². The van der Waals surface area contributed by atoms with E-state index in [2.05, 4.69) is 10.3 Å². The number of Topliss-reactive ketones (excluding diaryl/α,β-unsaturated/α-hetero) is 1. The molecule has 0 radical (unpaired) electrons. The second kappa shape index (κ2) is 7.21. The number of carbonyl (C=O) groups excluding carboxylic acids is 2. The molecule has 0 saturated carbocycles. The molecule has 1 amide bonds. The van der Waals surface area contributed by atoms with E-state index in [1.807, 2.05) is 0 Å². The first-order valence-corrected chi connectivity index (χ1v) is 7.61. The highest BCUT2D eigenvalue weighted by Crippen LogP contribution is 2.24. The molecule has 0 aliphatic rings. The number of hydrogen-bond donors (Lipinski definition) is 2. The Kier molecular flexibility index (Phi) is 5.28. The molecular weight excluding hydrogens is 308 g/mol. The van der Waals surface area contributed by atoms with Crippen molar-refractivity contribution in [3.05, 3.63) is 47.8 Å². The van der Waals surface area contributed by atoms with Crippen molar-refractivity contribution in [2.75, 3.05) is 12.4 Å². The number of aromatic nitrogens is 1. The van der Waals surface area contributed by atoms with Crippen LogP contribution in [0.2, 0.25) is 0 Å². The van der Waals surface area contributed by atoms with Gasteiger partial charge in [0, 0.05) is 30.1 Å². The van der Waals surface area contributed by atoms with Gasteiger partial charge in [-0.15, -0.1) is 0 Å². The minimum absolute atomic E-state index is 0.0586. The molecule has 1 aromatic carbocycles. The Labute approximate surface area is 141 Å². The van der Waals surface area contributed by atoms with Gasteiger partial charge in [-0.25, -0.2) is 4.79 Å². The van der Waals surface area contributed by atoms with E-state index in [0.29, 0.717) is 22.6 Å². The van der Waals surface area contributed by atoms with E-state index < -0.39 is 11.7 Å². The molecule has 0 bridgehead atoms. The van der Waals surface area contributed by atoms with Gasteiger partial charge in [-0.05, 0) is 50.6 Å². The summed E-state index contributed by atoms with van der Waals surface area (Å²) >= 11 is 0. The Morgan fingerprint density at radius 1 is 1.21 bits per heavy atom. The van der Waals surface area contributed by atoms with E-state index in [0.717, 1.165) is 0 Å². The monoisotopic (exact) mass is 330 g/mol. The first-order valence-electron chi connectivity index (χ1n) is 7.61. The first-order chi connectivity index (χ1) is 11.3. The number of ether oxygens (including phenoxy) is 2. The summed E-state index contributed by atoms with van der Waals surface area (Å²) in [7, 11) is 1.55. The summed E-state index contributed by atoms with van der Waals surface area (Å²) in [6.45, 7) is 5.37. The van der Waals surface area contributed by atoms with Gasteiger partial charge >= 0.3 is 6.09 Å². The zero-order valence-corrected chi connectivity index (χ0v) is 14.3. The quantitative estimate of drug-likeness (QED) is 0.817. The van der Waals surface area contributed by atoms with Gasteiger partial charge in [0.25, 0.3) is 0 Å². The fourth-order valence-corrected chi connectivity index (χ4v) is 2.15. The molecule has 0 atom stereocenters. The van der Waals surface area contributed by atoms with E-state index >= 15 is 0 Å². The summed E-state index contributed by atoms with van der Waals surface area (Å²) in [5.41, 5.74) is 1.17. The molecule has 0 aliphatic heterocycles. The fraction of sp³-hybridized carbons (Fsp3) is 0.333. The van der Waals surface area contributed by atoms with Crippen LogP contribution in [0.5, 0.6) is 5.75 Å². The second-order valence-electron chi connectivity index (χ2n) is 6.35. The highest BCUT2D eigenvalue weighted by atomic mass is 16.6. The number of amides is 1. The van der Waals surface area contributed by atoms with Crippen molar-refractivity contribution in [2.24, 2.45) is 0 Å². The molecule has 1 heterocycles. The molecule has 2 aromatic rings. The second-order valence-corrected chi connectivity index (χ2v) is 6.35. The summed E-state index contributed by atoms with van der Waals surface area (Å²) in [6.07, 6.45) is 2.91. The van der Waals surface area contributed by atoms with E-state index in [1.54, 1.807) is 64.5 Å². The van der Waals surface area contributed by atoms with Crippen molar-refractivity contribution in [3.8, 4) is 5.75 Å². The van der Waals surface area contributed by atoms with Crippen LogP contribution in [0.1, 0.15) is 36.7 Å². The van der Waals surface area contributed by atoms with Gasteiger partial charge in [0.1, 0.15) is 11.4 Å². The molecule has 0 spiro atoms. The lowest BCUT2D eigenvalue weighted by atomic mass is 10.0. The topological polar surface area (TPSA) is 80.4 Å². The van der Waals surface area contributed by atoms with Crippen molar-refractivity contribution in [2.45, 2.75) is 32.8 Å². The maximum atomic E-state index is 12.3. The lowest BCUT2D eigenvalue weighted by Crippen LogP contribution is -2.27. The minimum Gasteiger partial charge on any atom is -0.497 e. The molecule has 0 unspecified atom stereocenters. The Bertz CT molecular complexity index is 715. The average molecular weight is 330 g/mol. The molecule has 0 saturated heterocycles. The van der Waals surface area contributed by atoms with Crippen LogP contribution in [0, 0.1) is 0 Å². The molecule has 6 heteroatoms. The third kappa shape index (κ3) is 4.87. The van der Waals surface area contributed by atoms with Crippen LogP contribution in [0.25, 0.3) is 0 Å². The third-order valence-electron chi connectivity index (χ3n) is 3.22. The highest BCUT2D eigenvalue weighted by molar-refractivity contribution is 5.98. The van der Waals surface area contributed by atoms with Gasteiger partial charge < -0.3 is 14.5 Å². The lowest BCUT2D eigenvalue weighted by Gasteiger charge is -2.20. The van der Waals surface area contributed by atoms with Crippen molar-refractivity contribution in [3.63, 3.8) is 0 Å². The Hall–Kier alpha value is -2.76. The van der Waals surface area contributed by atoms with Gasteiger partial charge in [-0.1, -0.05) is 0 Å². The number of rotatable bonds is 5. The first kappa shape index (κ1) is 17.6. The van der Waals surface area contributed by atoms with Gasteiger partial charge in [0.2, 0.25) is 0 Å². The number of carbonyl (C=O) groups is 2. The van der Waals surface area contributed by atoms with Gasteiger partial charge in [-0.2, -0.15) is 0 Å². The normalized spacial score (nSPS) is 11.0. The number of anilines is 1. The van der Waals surface area contributed by atoms with Crippen molar-refractivity contribution in [1.82, 2.24) is 4.98 Å². The number of benzene rings is 1. The molecule has 2 N–H and O–H groups in total. The van der Waals surface area contributed by atoms with Crippen molar-refractivity contribution >= 4 is 17.6 Å². The maximum Gasteiger partial charge on any atom is 0.412 e. The SMILES string of the molecule is COc1ccc(NC(=O)OC(C)(C)C)c(CC(=O)c2cc[nH]c2)c1. The molecule has 1 aromatic heterocycles. The van der Waals surface area contributed by atoms with Crippen LogP contribution in [-0.4, -0.2) is 29.6 Å². The largest absolute Gasteiger partial charge is 0.497 e. The highest BCUT2D eigenvalue weighted by Gasteiger charge is 2.18. The smallest absolute Gasteiger partial charge is 0.412 e. The van der Waals surface area contributed by atoms with Gasteiger partial charge in [0.05, 0.1) is 7.11 Å². The van der Waals surface area contributed by atoms with Crippen molar-refractivity contribution < 1.29 is 19.1 Å². The summed E-state index contributed by atoms with van der Waals surface area (Å²) in [5.74, 6) is 0.554. The number of methoxy groups -OCH3 is 1. The van der Waals surface area contributed by atoms with Gasteiger partial charge in [0.15, 0.2) is 5.78 Å². The molecule has 0 fully saturated rings. The van der Waals surface area contributed by atoms with E-state index in [-0.39, 0.29) is 12.2 Å². The zero-order valence-electron chi connectivity index (χ0n) is 14.3. The Balaban J connectivity index is 2.21.